The van der Waals surface area contributed by atoms with Crippen molar-refractivity contribution in [3.8, 4) is 0 Å². The summed E-state index contributed by atoms with van der Waals surface area (Å²) in [4.78, 5) is 14.8. The summed E-state index contributed by atoms with van der Waals surface area (Å²) in [6.45, 7) is 9.12. The molecule has 2 unspecified atom stereocenters. The number of carbonyl (C=O) groups is 1. The van der Waals surface area contributed by atoms with Crippen LogP contribution in [0.25, 0.3) is 0 Å². The number of ether oxygens (including phenoxy) is 2. The molecule has 1 aliphatic carbocycles. The van der Waals surface area contributed by atoms with Crippen LogP contribution < -0.4 is 5.73 Å². The average Bonchev–Trinajstić information content (AvgIpc) is 2.47. The molecule has 2 aliphatic rings. The summed E-state index contributed by atoms with van der Waals surface area (Å²) in [5, 5.41) is 0. The Morgan fingerprint density at radius 1 is 1.32 bits per heavy atom. The third-order valence-electron chi connectivity index (χ3n) is 5.52. The highest BCUT2D eigenvalue weighted by Gasteiger charge is 2.63. The van der Waals surface area contributed by atoms with E-state index in [4.69, 9.17) is 15.2 Å². The van der Waals surface area contributed by atoms with E-state index in [2.05, 4.69) is 0 Å². The minimum atomic E-state index is -0.777. The van der Waals surface area contributed by atoms with Crippen molar-refractivity contribution in [3.63, 3.8) is 0 Å². The number of rotatable bonds is 5. The van der Waals surface area contributed by atoms with Crippen LogP contribution >= 0.6 is 12.4 Å². The number of nitrogens with zero attached hydrogens (tertiary/aromatic N) is 1. The van der Waals surface area contributed by atoms with Crippen molar-refractivity contribution in [2.45, 2.75) is 51.7 Å². The molecular weight excluding hydrogens is 304 g/mol. The van der Waals surface area contributed by atoms with Gasteiger partial charge in [-0.3, -0.25) is 4.79 Å². The summed E-state index contributed by atoms with van der Waals surface area (Å²) in [7, 11) is 1.73. The quantitative estimate of drug-likeness (QED) is 0.833. The van der Waals surface area contributed by atoms with Crippen molar-refractivity contribution in [2.24, 2.45) is 17.1 Å². The summed E-state index contributed by atoms with van der Waals surface area (Å²) in [6, 6.07) is 0. The highest BCUT2D eigenvalue weighted by atomic mass is 35.5. The monoisotopic (exact) mass is 334 g/mol. The van der Waals surface area contributed by atoms with Gasteiger partial charge in [0.1, 0.15) is 5.54 Å². The molecule has 6 heteroatoms. The zero-order chi connectivity index (χ0) is 15.7. The molecule has 0 spiro atoms. The van der Waals surface area contributed by atoms with Crippen LogP contribution in [0.5, 0.6) is 0 Å². The molecule has 2 atom stereocenters. The van der Waals surface area contributed by atoms with Crippen molar-refractivity contribution < 1.29 is 14.3 Å². The molecule has 0 radical (unpaired) electrons. The standard InChI is InChI=1S/C16H30N2O3.ClH/c1-5-21-13-10-16(17,15(13,2)3)14(19)18-8-6-12(7-9-18)11-20-4;/h12-13H,5-11,17H2,1-4H3;1H. The van der Waals surface area contributed by atoms with Crippen molar-refractivity contribution in [1.82, 2.24) is 4.90 Å². The van der Waals surface area contributed by atoms with E-state index < -0.39 is 5.54 Å². The summed E-state index contributed by atoms with van der Waals surface area (Å²) in [5.41, 5.74) is 5.39. The molecule has 0 aromatic carbocycles. The fraction of sp³-hybridized carbons (Fsp3) is 0.938. The van der Waals surface area contributed by atoms with Gasteiger partial charge < -0.3 is 20.1 Å². The molecule has 0 bridgehead atoms. The van der Waals surface area contributed by atoms with E-state index in [0.717, 1.165) is 32.5 Å². The Morgan fingerprint density at radius 3 is 2.36 bits per heavy atom. The minimum Gasteiger partial charge on any atom is -0.384 e. The van der Waals surface area contributed by atoms with Crippen LogP contribution in [0.3, 0.4) is 0 Å². The summed E-state index contributed by atoms with van der Waals surface area (Å²) >= 11 is 0. The molecule has 130 valence electrons. The predicted octanol–water partition coefficient (Wildman–Crippen LogP) is 1.83. The first kappa shape index (κ1) is 19.7. The molecule has 2 fully saturated rings. The molecule has 0 aromatic heterocycles. The van der Waals surface area contributed by atoms with Gasteiger partial charge in [0.2, 0.25) is 5.91 Å². The van der Waals surface area contributed by atoms with Gasteiger partial charge >= 0.3 is 0 Å². The number of carbonyl (C=O) groups excluding carboxylic acids is 1. The summed E-state index contributed by atoms with van der Waals surface area (Å²) < 4.78 is 10.9. The second kappa shape index (κ2) is 7.47. The van der Waals surface area contributed by atoms with Crippen molar-refractivity contribution in [1.29, 1.82) is 0 Å². The maximum Gasteiger partial charge on any atom is 0.243 e. The van der Waals surface area contributed by atoms with Crippen LogP contribution in [0.4, 0.5) is 0 Å². The topological polar surface area (TPSA) is 64.8 Å². The molecule has 1 aliphatic heterocycles. The summed E-state index contributed by atoms with van der Waals surface area (Å²) in [6.07, 6.45) is 2.73. The minimum absolute atomic E-state index is 0. The average molecular weight is 335 g/mol. The van der Waals surface area contributed by atoms with Gasteiger partial charge in [-0.2, -0.15) is 0 Å². The lowest BCUT2D eigenvalue weighted by atomic mass is 9.54. The largest absolute Gasteiger partial charge is 0.384 e. The lowest BCUT2D eigenvalue weighted by Gasteiger charge is -2.59. The number of likely N-dealkylation sites (tertiary alicyclic amines) is 1. The van der Waals surface area contributed by atoms with Gasteiger partial charge in [-0.15, -0.1) is 12.4 Å². The molecule has 1 saturated heterocycles. The Balaban J connectivity index is 0.00000242. The van der Waals surface area contributed by atoms with Crippen LogP contribution in [0.1, 0.15) is 40.0 Å². The Hall–Kier alpha value is -0.360. The maximum atomic E-state index is 12.8. The number of nitrogens with two attached hydrogens (primary N) is 1. The van der Waals surface area contributed by atoms with Crippen molar-refractivity contribution in [2.75, 3.05) is 33.4 Å². The lowest BCUT2D eigenvalue weighted by Crippen LogP contribution is -2.76. The molecule has 1 heterocycles. The van der Waals surface area contributed by atoms with Gasteiger partial charge in [0.05, 0.1) is 6.10 Å². The molecule has 1 saturated carbocycles. The van der Waals surface area contributed by atoms with Gasteiger partial charge in [0, 0.05) is 45.2 Å². The van der Waals surface area contributed by atoms with Gasteiger partial charge in [-0.25, -0.2) is 0 Å². The van der Waals surface area contributed by atoms with E-state index in [1.54, 1.807) is 7.11 Å². The normalized spacial score (nSPS) is 31.3. The third kappa shape index (κ3) is 3.28. The van der Waals surface area contributed by atoms with Crippen molar-refractivity contribution in [3.05, 3.63) is 0 Å². The van der Waals surface area contributed by atoms with E-state index in [9.17, 15) is 4.79 Å². The molecule has 1 amide bonds. The maximum absolute atomic E-state index is 12.8. The molecule has 2 N–H and O–H groups in total. The van der Waals surface area contributed by atoms with Crippen LogP contribution in [0, 0.1) is 11.3 Å². The first-order valence-electron chi connectivity index (χ1n) is 8.05. The smallest absolute Gasteiger partial charge is 0.243 e. The number of amides is 1. The Labute approximate surface area is 140 Å². The van der Waals surface area contributed by atoms with Gasteiger partial charge in [0.25, 0.3) is 0 Å². The zero-order valence-corrected chi connectivity index (χ0v) is 15.1. The Kier molecular flexibility index (Phi) is 6.69. The second-order valence-corrected chi connectivity index (χ2v) is 7.03. The van der Waals surface area contributed by atoms with Gasteiger partial charge in [0.15, 0.2) is 0 Å². The molecular formula is C16H31ClN2O3. The number of methoxy groups -OCH3 is 1. The predicted molar refractivity (Wildman–Crippen MR) is 89.2 cm³/mol. The molecule has 5 nitrogen and oxygen atoms in total. The van der Waals surface area contributed by atoms with E-state index >= 15 is 0 Å². The number of hydrogen-bond acceptors (Lipinski definition) is 4. The van der Waals surface area contributed by atoms with Gasteiger partial charge in [-0.1, -0.05) is 13.8 Å². The highest BCUT2D eigenvalue weighted by Crippen LogP contribution is 2.50. The fourth-order valence-corrected chi connectivity index (χ4v) is 3.62. The SMILES string of the molecule is CCOC1CC(N)(C(=O)N2CCC(COC)CC2)C1(C)C.Cl. The Morgan fingerprint density at radius 2 is 1.91 bits per heavy atom. The first-order valence-corrected chi connectivity index (χ1v) is 8.05. The van der Waals surface area contributed by atoms with Crippen LogP contribution in [-0.4, -0.2) is 55.9 Å². The van der Waals surface area contributed by atoms with E-state index in [0.29, 0.717) is 18.9 Å². The van der Waals surface area contributed by atoms with Gasteiger partial charge in [-0.05, 0) is 25.7 Å². The van der Waals surface area contributed by atoms with Crippen LogP contribution in [0.2, 0.25) is 0 Å². The first-order chi connectivity index (χ1) is 9.86. The number of piperidine rings is 1. The highest BCUT2D eigenvalue weighted by molar-refractivity contribution is 5.89. The van der Waals surface area contributed by atoms with E-state index in [1.807, 2.05) is 25.7 Å². The van der Waals surface area contributed by atoms with E-state index in [1.165, 1.54) is 0 Å². The van der Waals surface area contributed by atoms with Crippen molar-refractivity contribution >= 4 is 18.3 Å². The second-order valence-electron chi connectivity index (χ2n) is 7.03. The van der Waals surface area contributed by atoms with E-state index in [-0.39, 0.29) is 29.8 Å². The fourth-order valence-electron chi connectivity index (χ4n) is 3.62. The third-order valence-corrected chi connectivity index (χ3v) is 5.52. The molecule has 0 aromatic rings. The Bertz CT molecular complexity index is 384. The molecule has 22 heavy (non-hydrogen) atoms. The number of hydrogen-bond donors (Lipinski definition) is 1. The van der Waals surface area contributed by atoms with Crippen LogP contribution in [0.15, 0.2) is 0 Å². The van der Waals surface area contributed by atoms with Crippen LogP contribution in [-0.2, 0) is 14.3 Å². The number of halogens is 1. The summed E-state index contributed by atoms with van der Waals surface area (Å²) in [5.74, 6) is 0.665. The molecule has 2 rings (SSSR count). The zero-order valence-electron chi connectivity index (χ0n) is 14.3. The lowest BCUT2D eigenvalue weighted by molar-refractivity contribution is -0.180.